The largest absolute Gasteiger partial charge is 0.143 e. The van der Waals surface area contributed by atoms with Crippen LogP contribution in [0.5, 0.6) is 0 Å². The van der Waals surface area contributed by atoms with Crippen molar-refractivity contribution in [3.63, 3.8) is 0 Å². The lowest BCUT2D eigenvalue weighted by atomic mass is 9.60. The SMILES string of the molecule is [CH2]CC([C](c1ccccc1S)c1ccccc1S)(c1ccccc1S)c1ccccc1S. The Kier molecular flexibility index (Phi) is 7.36. The second-order valence-corrected chi connectivity index (χ2v) is 9.53. The molecule has 0 N–H and O–H groups in total. The minimum atomic E-state index is -0.631. The Labute approximate surface area is 213 Å². The van der Waals surface area contributed by atoms with Crippen LogP contribution >= 0.6 is 50.5 Å². The average molecular weight is 489 g/mol. The average Bonchev–Trinajstić information content (AvgIpc) is 2.80. The maximum Gasteiger partial charge on any atom is 0.0512 e. The van der Waals surface area contributed by atoms with Crippen LogP contribution in [0.25, 0.3) is 0 Å². The van der Waals surface area contributed by atoms with Gasteiger partial charge in [0.1, 0.15) is 0 Å². The minimum absolute atomic E-state index is 0.557. The Bertz CT molecular complexity index is 1140. The summed E-state index contributed by atoms with van der Waals surface area (Å²) in [7, 11) is 0. The van der Waals surface area contributed by atoms with Gasteiger partial charge in [0, 0.05) is 25.0 Å². The fourth-order valence-electron chi connectivity index (χ4n) is 4.45. The number of hydrogen-bond donors (Lipinski definition) is 4. The topological polar surface area (TPSA) is 0 Å². The zero-order valence-corrected chi connectivity index (χ0v) is 21.0. The summed E-state index contributed by atoms with van der Waals surface area (Å²) < 4.78 is 0. The van der Waals surface area contributed by atoms with Crippen molar-refractivity contribution < 1.29 is 0 Å². The Morgan fingerprint density at radius 2 is 0.875 bits per heavy atom. The number of thiol groups is 4. The van der Waals surface area contributed by atoms with E-state index < -0.39 is 5.41 Å². The summed E-state index contributed by atoms with van der Waals surface area (Å²) in [5.74, 6) is 1.09. The van der Waals surface area contributed by atoms with Crippen LogP contribution in [0.15, 0.2) is 117 Å². The predicted molar refractivity (Wildman–Crippen MR) is 147 cm³/mol. The van der Waals surface area contributed by atoms with Gasteiger partial charge in [-0.2, -0.15) is 0 Å². The first-order valence-corrected chi connectivity index (χ1v) is 12.1. The molecule has 0 aromatic heterocycles. The highest BCUT2D eigenvalue weighted by atomic mass is 32.1. The van der Waals surface area contributed by atoms with E-state index in [1.54, 1.807) is 0 Å². The lowest BCUT2D eigenvalue weighted by Crippen LogP contribution is -2.37. The van der Waals surface area contributed by atoms with Crippen LogP contribution in [-0.2, 0) is 5.41 Å². The molecule has 160 valence electrons. The molecule has 0 unspecified atom stereocenters. The molecule has 0 aliphatic carbocycles. The quantitative estimate of drug-likeness (QED) is 0.194. The molecule has 0 aliphatic heterocycles. The smallest absolute Gasteiger partial charge is 0.0512 e. The lowest BCUT2D eigenvalue weighted by molar-refractivity contribution is 0.542. The van der Waals surface area contributed by atoms with E-state index in [1.807, 2.05) is 60.7 Å². The summed E-state index contributed by atoms with van der Waals surface area (Å²) in [6.07, 6.45) is 0.557. The summed E-state index contributed by atoms with van der Waals surface area (Å²) in [6.45, 7) is 4.49. The van der Waals surface area contributed by atoms with Gasteiger partial charge in [0.2, 0.25) is 0 Å². The minimum Gasteiger partial charge on any atom is -0.143 e. The van der Waals surface area contributed by atoms with Crippen molar-refractivity contribution in [2.45, 2.75) is 31.4 Å². The summed E-state index contributed by atoms with van der Waals surface area (Å²) in [4.78, 5) is 3.59. The highest BCUT2D eigenvalue weighted by Gasteiger charge is 2.46. The molecule has 4 aromatic carbocycles. The van der Waals surface area contributed by atoms with Crippen LogP contribution in [0.1, 0.15) is 28.7 Å². The van der Waals surface area contributed by atoms with Crippen molar-refractivity contribution in [2.75, 3.05) is 0 Å². The predicted octanol–water partition coefficient (Wildman–Crippen LogP) is 8.02. The van der Waals surface area contributed by atoms with E-state index in [1.165, 1.54) is 0 Å². The van der Waals surface area contributed by atoms with Crippen LogP contribution in [0, 0.1) is 12.8 Å². The van der Waals surface area contributed by atoms with Gasteiger partial charge in [-0.1, -0.05) is 79.7 Å². The molecule has 2 radical (unpaired) electrons. The van der Waals surface area contributed by atoms with Crippen LogP contribution in [-0.4, -0.2) is 0 Å². The highest BCUT2D eigenvalue weighted by molar-refractivity contribution is 7.81. The third-order valence-electron chi connectivity index (χ3n) is 5.88. The van der Waals surface area contributed by atoms with E-state index in [0.717, 1.165) is 47.8 Å². The third kappa shape index (κ3) is 4.14. The molecule has 0 saturated heterocycles. The number of rotatable bonds is 6. The molecule has 4 rings (SSSR count). The van der Waals surface area contributed by atoms with E-state index in [-0.39, 0.29) is 0 Å². The van der Waals surface area contributed by atoms with Crippen molar-refractivity contribution in [1.82, 2.24) is 0 Å². The fraction of sp³-hybridized carbons (Fsp3) is 0.0714. The lowest BCUT2D eigenvalue weighted by Gasteiger charge is -2.43. The summed E-state index contributed by atoms with van der Waals surface area (Å²) in [6, 6.07) is 32.8. The number of benzene rings is 4. The van der Waals surface area contributed by atoms with Gasteiger partial charge < -0.3 is 0 Å². The molecule has 4 aromatic rings. The van der Waals surface area contributed by atoms with Crippen LogP contribution in [0.4, 0.5) is 0 Å². The maximum atomic E-state index is 4.90. The van der Waals surface area contributed by atoms with Gasteiger partial charge in [-0.15, -0.1) is 50.5 Å². The zero-order valence-electron chi connectivity index (χ0n) is 17.4. The molecule has 0 saturated carbocycles. The van der Waals surface area contributed by atoms with Gasteiger partial charge in [-0.25, -0.2) is 0 Å². The first-order chi connectivity index (χ1) is 15.5. The van der Waals surface area contributed by atoms with E-state index in [0.29, 0.717) is 6.42 Å². The molecule has 0 bridgehead atoms. The van der Waals surface area contributed by atoms with Crippen molar-refractivity contribution in [2.24, 2.45) is 0 Å². The van der Waals surface area contributed by atoms with E-state index in [2.05, 4.69) is 43.3 Å². The first-order valence-electron chi connectivity index (χ1n) is 10.3. The maximum absolute atomic E-state index is 4.90. The molecule has 0 nitrogen and oxygen atoms in total. The molecule has 32 heavy (non-hydrogen) atoms. The second kappa shape index (κ2) is 10.0. The van der Waals surface area contributed by atoms with E-state index >= 15 is 0 Å². The Morgan fingerprint density at radius 1 is 0.531 bits per heavy atom. The van der Waals surface area contributed by atoms with Gasteiger partial charge in [0.05, 0.1) is 5.92 Å². The van der Waals surface area contributed by atoms with E-state index in [4.69, 9.17) is 50.5 Å². The van der Waals surface area contributed by atoms with Crippen molar-refractivity contribution in [1.29, 1.82) is 0 Å². The molecular weight excluding hydrogens is 465 g/mol. The molecule has 0 fully saturated rings. The van der Waals surface area contributed by atoms with Gasteiger partial charge in [0.25, 0.3) is 0 Å². The molecule has 4 heteroatoms. The zero-order chi connectivity index (χ0) is 22.7. The van der Waals surface area contributed by atoms with Crippen LogP contribution < -0.4 is 0 Å². The normalized spacial score (nSPS) is 11.7. The van der Waals surface area contributed by atoms with Crippen LogP contribution in [0.3, 0.4) is 0 Å². The molecular formula is C28H24S4. The standard InChI is InChI=1S/C28H24S4/c1-2-28(21-13-5-9-17-25(21)31,22-14-6-10-18-26(22)32)27(19-11-3-7-15-23(19)29)20-12-4-8-16-24(20)30/h3-18,29-32H,1-2H2. The molecule has 0 heterocycles. The molecule has 0 spiro atoms. The third-order valence-corrected chi connectivity index (χ3v) is 7.44. The summed E-state index contributed by atoms with van der Waals surface area (Å²) in [5, 5.41) is 0. The van der Waals surface area contributed by atoms with Gasteiger partial charge in [-0.3, -0.25) is 0 Å². The highest BCUT2D eigenvalue weighted by Crippen LogP contribution is 2.54. The molecule has 0 atom stereocenters. The van der Waals surface area contributed by atoms with Crippen molar-refractivity contribution in [3.8, 4) is 0 Å². The summed E-state index contributed by atoms with van der Waals surface area (Å²) >= 11 is 19.5. The monoisotopic (exact) mass is 488 g/mol. The van der Waals surface area contributed by atoms with Crippen molar-refractivity contribution in [3.05, 3.63) is 132 Å². The van der Waals surface area contributed by atoms with Crippen LogP contribution in [0.2, 0.25) is 0 Å². The second-order valence-electron chi connectivity index (χ2n) is 7.60. The van der Waals surface area contributed by atoms with E-state index in [9.17, 15) is 0 Å². The Morgan fingerprint density at radius 3 is 1.22 bits per heavy atom. The summed E-state index contributed by atoms with van der Waals surface area (Å²) in [5.41, 5.74) is 3.59. The van der Waals surface area contributed by atoms with Gasteiger partial charge >= 0.3 is 0 Å². The fourth-order valence-corrected chi connectivity index (χ4v) is 5.70. The van der Waals surface area contributed by atoms with Crippen molar-refractivity contribution >= 4 is 50.5 Å². The molecule has 0 aliphatic rings. The molecule has 0 amide bonds. The first kappa shape index (κ1) is 23.4. The Balaban J connectivity index is 2.19. The Hall–Kier alpha value is -1.72. The number of hydrogen-bond acceptors (Lipinski definition) is 4. The van der Waals surface area contributed by atoms with Gasteiger partial charge in [0.15, 0.2) is 0 Å². The van der Waals surface area contributed by atoms with Gasteiger partial charge in [-0.05, 0) is 52.9 Å².